The average Bonchev–Trinajstić information content (AvgIpc) is 3.19. The summed E-state index contributed by atoms with van der Waals surface area (Å²) in [5, 5.41) is 8.96. The summed E-state index contributed by atoms with van der Waals surface area (Å²) in [5.74, 6) is 0.353. The first kappa shape index (κ1) is 23.0. The van der Waals surface area contributed by atoms with E-state index < -0.39 is 5.91 Å². The zero-order chi connectivity index (χ0) is 22.5. The monoisotopic (exact) mass is 450 g/mol. The second-order valence-electron chi connectivity index (χ2n) is 8.46. The van der Waals surface area contributed by atoms with Crippen LogP contribution in [0.4, 0.5) is 4.39 Å². The van der Waals surface area contributed by atoms with Gasteiger partial charge in [-0.25, -0.2) is 5.48 Å². The first-order chi connectivity index (χ1) is 15.6. The molecule has 2 aliphatic rings. The summed E-state index contributed by atoms with van der Waals surface area (Å²) in [7, 11) is 0. The van der Waals surface area contributed by atoms with Gasteiger partial charge < -0.3 is 4.74 Å². The molecule has 1 heterocycles. The van der Waals surface area contributed by atoms with Crippen LogP contribution in [0.15, 0.2) is 46.9 Å². The van der Waals surface area contributed by atoms with E-state index in [0.29, 0.717) is 12.0 Å². The minimum absolute atomic E-state index is 0.145. The summed E-state index contributed by atoms with van der Waals surface area (Å²) in [4.78, 5) is 14.1. The van der Waals surface area contributed by atoms with Crippen LogP contribution in [0.5, 0.6) is 5.75 Å². The van der Waals surface area contributed by atoms with Crippen LogP contribution in [-0.2, 0) is 6.42 Å². The Hall–Kier alpha value is -2.17. The maximum Gasteiger partial charge on any atom is 0.274 e. The number of nitrogens with zero attached hydrogens (tertiary/aromatic N) is 1. The number of amides is 1. The lowest BCUT2D eigenvalue weighted by Gasteiger charge is -2.18. The maximum atomic E-state index is 12.4. The zero-order valence-corrected chi connectivity index (χ0v) is 19.3. The fourth-order valence-corrected chi connectivity index (χ4v) is 5.16. The smallest absolute Gasteiger partial charge is 0.274 e. The van der Waals surface area contributed by atoms with Gasteiger partial charge in [0.15, 0.2) is 16.3 Å². The fraction of sp³-hybridized carbons (Fsp3) is 0.400. The molecule has 1 aliphatic carbocycles. The first-order valence-corrected chi connectivity index (χ1v) is 11.8. The number of likely N-dealkylation sites (tertiary alicyclic amines) is 1. The van der Waals surface area contributed by atoms with Crippen molar-refractivity contribution < 1.29 is 19.1 Å². The van der Waals surface area contributed by atoms with Gasteiger partial charge >= 0.3 is 0 Å². The van der Waals surface area contributed by atoms with E-state index in [4.69, 9.17) is 9.94 Å². The number of allylic oxidation sites excluding steroid dienone is 1. The van der Waals surface area contributed by atoms with Crippen LogP contribution in [0.2, 0.25) is 0 Å². The van der Waals surface area contributed by atoms with Crippen LogP contribution in [0, 0.1) is 0 Å². The van der Waals surface area contributed by atoms with E-state index in [1.165, 1.54) is 10.0 Å². The summed E-state index contributed by atoms with van der Waals surface area (Å²) in [6, 6.07) is 13.8. The lowest BCUT2D eigenvalue weighted by atomic mass is 9.92. The summed E-state index contributed by atoms with van der Waals surface area (Å²) in [6.07, 6.45) is 4.54. The predicted octanol–water partition coefficient (Wildman–Crippen LogP) is 3.88. The molecule has 2 N–H and O–H groups in total. The molecule has 1 amide bonds. The standard InChI is InChI=1S/C25H28FN2O3.Al/c26-13-3-14-28-15-12-22(17-28)31-21-9-6-18(7-10-21)23-5-2-1-4-19-16-20(25(29)27-30)8-11-24(19)23;/h6-11,16,22,30H,1-4,12-15,17H2,(H,27,29);/t22-;/m0./s1. The number of hydrogen-bond donors (Lipinski definition) is 2. The molecule has 0 bridgehead atoms. The van der Waals surface area contributed by atoms with Gasteiger partial charge in [0.1, 0.15) is 11.9 Å². The van der Waals surface area contributed by atoms with Gasteiger partial charge in [-0.05, 0) is 78.6 Å². The Morgan fingerprint density at radius 1 is 1.22 bits per heavy atom. The molecule has 2 aromatic rings. The molecular weight excluding hydrogens is 422 g/mol. The number of hydrogen-bond acceptors (Lipinski definition) is 4. The Labute approximate surface area is 196 Å². The van der Waals surface area contributed by atoms with Gasteiger partial charge in [0, 0.05) is 25.2 Å². The second-order valence-corrected chi connectivity index (χ2v) is 9.16. The third-order valence-electron chi connectivity index (χ3n) is 6.23. The summed E-state index contributed by atoms with van der Waals surface area (Å²) in [5.41, 5.74) is 6.68. The number of carbonyl (C=O) groups is 1. The molecule has 4 rings (SSSR count). The second kappa shape index (κ2) is 10.6. The maximum absolute atomic E-state index is 12.4. The van der Waals surface area contributed by atoms with Crippen molar-refractivity contribution in [3.05, 3.63) is 69.2 Å². The molecule has 0 aromatic heterocycles. The number of nitrogens with one attached hydrogen (secondary N) is 1. The number of carbonyl (C=O) groups excluding carboxylic acids is 1. The van der Waals surface area contributed by atoms with Gasteiger partial charge in [0.25, 0.3) is 5.91 Å². The number of ether oxygens (including phenoxy) is 1. The number of aryl methyl sites for hydroxylation is 1. The van der Waals surface area contributed by atoms with Gasteiger partial charge in [-0.2, -0.15) is 4.44 Å². The molecule has 5 nitrogen and oxygen atoms in total. The van der Waals surface area contributed by atoms with E-state index in [0.717, 1.165) is 67.8 Å². The summed E-state index contributed by atoms with van der Waals surface area (Å²) < 4.78 is 19.8. The molecule has 7 heteroatoms. The number of halogens is 1. The van der Waals surface area contributed by atoms with E-state index in [9.17, 15) is 9.18 Å². The average molecular weight is 450 g/mol. The molecule has 2 aromatic carbocycles. The van der Waals surface area contributed by atoms with Gasteiger partial charge in [0.2, 0.25) is 0 Å². The lowest BCUT2D eigenvalue weighted by Crippen LogP contribution is -2.26. The van der Waals surface area contributed by atoms with Crippen LogP contribution >= 0.6 is 0 Å². The number of hydroxylamine groups is 1. The van der Waals surface area contributed by atoms with Crippen molar-refractivity contribution in [2.24, 2.45) is 0 Å². The highest BCUT2D eigenvalue weighted by molar-refractivity contribution is 6.26. The van der Waals surface area contributed by atoms with Crippen LogP contribution in [0.3, 0.4) is 0 Å². The van der Waals surface area contributed by atoms with Gasteiger partial charge in [-0.15, -0.1) is 0 Å². The highest BCUT2D eigenvalue weighted by Crippen LogP contribution is 2.35. The third-order valence-corrected chi connectivity index (χ3v) is 6.81. The molecule has 0 saturated carbocycles. The molecule has 166 valence electrons. The fourth-order valence-electron chi connectivity index (χ4n) is 4.63. The van der Waals surface area contributed by atoms with Crippen molar-refractivity contribution in [1.29, 1.82) is 0 Å². The third kappa shape index (κ3) is 5.24. The molecule has 1 aliphatic heterocycles. The summed E-state index contributed by atoms with van der Waals surface area (Å²) >= 11 is 2.89. The Bertz CT molecular complexity index is 993. The quantitative estimate of drug-likeness (QED) is 0.382. The Morgan fingerprint density at radius 3 is 2.78 bits per heavy atom. The molecule has 1 atom stereocenters. The van der Waals surface area contributed by atoms with Gasteiger partial charge in [0.05, 0.1) is 6.67 Å². The lowest BCUT2D eigenvalue weighted by molar-refractivity contribution is 0.0706. The zero-order valence-electron chi connectivity index (χ0n) is 18.1. The molecule has 2 radical (unpaired) electrons. The van der Waals surface area contributed by atoms with Crippen LogP contribution < -0.4 is 10.2 Å². The topological polar surface area (TPSA) is 61.8 Å². The Kier molecular flexibility index (Phi) is 7.64. The molecular formula is C25H28AlFN2O3. The van der Waals surface area contributed by atoms with E-state index in [-0.39, 0.29) is 12.8 Å². The van der Waals surface area contributed by atoms with E-state index in [1.807, 2.05) is 24.3 Å². The number of alkyl halides is 1. The highest BCUT2D eigenvalue weighted by Gasteiger charge is 2.24. The highest BCUT2D eigenvalue weighted by atomic mass is 27.0. The van der Waals surface area contributed by atoms with Gasteiger partial charge in [-0.1, -0.05) is 18.2 Å². The Morgan fingerprint density at radius 2 is 2.03 bits per heavy atom. The van der Waals surface area contributed by atoms with Crippen molar-refractivity contribution in [1.82, 2.24) is 10.4 Å². The molecule has 0 unspecified atom stereocenters. The van der Waals surface area contributed by atoms with Crippen molar-refractivity contribution in [3.8, 4) is 5.75 Å². The van der Waals surface area contributed by atoms with Gasteiger partial charge in [-0.3, -0.25) is 19.3 Å². The van der Waals surface area contributed by atoms with E-state index in [2.05, 4.69) is 33.3 Å². The number of fused-ring (bicyclic) bond motifs is 1. The molecule has 1 fully saturated rings. The first-order valence-electron chi connectivity index (χ1n) is 11.2. The van der Waals surface area contributed by atoms with Crippen LogP contribution in [0.25, 0.3) is 5.57 Å². The normalized spacial score (nSPS) is 18.9. The van der Waals surface area contributed by atoms with Crippen molar-refractivity contribution >= 4 is 27.8 Å². The van der Waals surface area contributed by atoms with E-state index >= 15 is 0 Å². The number of rotatable bonds is 7. The van der Waals surface area contributed by atoms with Crippen LogP contribution in [-0.4, -0.2) is 64.7 Å². The SMILES string of the molecule is O=C(NO)c1ccc2c(c1)CCC[C]([Al])=C2c1ccc(O[C@H]2CCN(CCCF)C2)cc1. The van der Waals surface area contributed by atoms with Crippen LogP contribution in [0.1, 0.15) is 52.7 Å². The number of benzene rings is 2. The summed E-state index contributed by atoms with van der Waals surface area (Å²) in [6.45, 7) is 2.33. The Balaban J connectivity index is 1.52. The minimum atomic E-state index is -0.495. The predicted molar refractivity (Wildman–Crippen MR) is 123 cm³/mol. The molecule has 0 spiro atoms. The minimum Gasteiger partial charge on any atom is -0.489 e. The van der Waals surface area contributed by atoms with Crippen molar-refractivity contribution in [3.63, 3.8) is 0 Å². The van der Waals surface area contributed by atoms with Crippen molar-refractivity contribution in [2.45, 2.75) is 38.2 Å². The molecule has 32 heavy (non-hydrogen) atoms. The molecule has 1 saturated heterocycles. The van der Waals surface area contributed by atoms with Crippen molar-refractivity contribution in [2.75, 3.05) is 26.3 Å². The van der Waals surface area contributed by atoms with E-state index in [1.54, 1.807) is 11.5 Å². The largest absolute Gasteiger partial charge is 0.489 e.